The van der Waals surface area contributed by atoms with Crippen molar-refractivity contribution in [2.24, 2.45) is 12.5 Å². The number of nitrogens with one attached hydrogen (secondary N) is 2. The lowest BCUT2D eigenvalue weighted by Gasteiger charge is -2.27. The molecule has 1 aromatic rings. The van der Waals surface area contributed by atoms with Gasteiger partial charge in [-0.2, -0.15) is 0 Å². The lowest BCUT2D eigenvalue weighted by atomic mass is 9.85. The number of amides is 2. The van der Waals surface area contributed by atoms with E-state index in [0.717, 1.165) is 12.2 Å². The molecule has 116 valence electrons. The smallest absolute Gasteiger partial charge is 0.315 e. The van der Waals surface area contributed by atoms with Gasteiger partial charge in [-0.3, -0.25) is 4.79 Å². The van der Waals surface area contributed by atoms with Gasteiger partial charge in [-0.25, -0.2) is 9.78 Å². The third-order valence-electron chi connectivity index (χ3n) is 4.31. The van der Waals surface area contributed by atoms with Gasteiger partial charge in [0.15, 0.2) is 0 Å². The van der Waals surface area contributed by atoms with E-state index < -0.39 is 11.4 Å². The molecule has 3 N–H and O–H groups in total. The van der Waals surface area contributed by atoms with Crippen molar-refractivity contribution < 1.29 is 14.7 Å². The van der Waals surface area contributed by atoms with E-state index in [1.54, 1.807) is 13.1 Å². The highest BCUT2D eigenvalue weighted by Gasteiger charge is 2.45. The van der Waals surface area contributed by atoms with Crippen molar-refractivity contribution in [1.29, 1.82) is 0 Å². The third kappa shape index (κ3) is 3.34. The van der Waals surface area contributed by atoms with Gasteiger partial charge in [0.2, 0.25) is 0 Å². The number of carboxylic acids is 1. The van der Waals surface area contributed by atoms with E-state index in [9.17, 15) is 14.7 Å². The standard InChI is InChI=1S/C14H22N4O3/c1-14(12(19)20)6-3-4-10(14)17-13(21)16-7-5-11-15-8-9-18(11)2/h8-10H,3-7H2,1-2H3,(H,19,20)(H2,16,17,21). The Morgan fingerprint density at radius 1 is 1.57 bits per heavy atom. The SMILES string of the molecule is Cn1ccnc1CCNC(=O)NC1CCCC1(C)C(=O)O. The Kier molecular flexibility index (Phi) is 4.50. The van der Waals surface area contributed by atoms with E-state index in [2.05, 4.69) is 15.6 Å². The second kappa shape index (κ2) is 6.15. The number of carbonyl (C=O) groups excluding carboxylic acids is 1. The molecule has 1 heterocycles. The van der Waals surface area contributed by atoms with E-state index in [1.807, 2.05) is 17.8 Å². The van der Waals surface area contributed by atoms with Gasteiger partial charge in [-0.1, -0.05) is 6.42 Å². The zero-order valence-electron chi connectivity index (χ0n) is 12.4. The molecule has 1 aromatic heterocycles. The Morgan fingerprint density at radius 2 is 2.33 bits per heavy atom. The van der Waals surface area contributed by atoms with E-state index in [1.165, 1.54) is 0 Å². The number of urea groups is 1. The molecule has 7 nitrogen and oxygen atoms in total. The summed E-state index contributed by atoms with van der Waals surface area (Å²) in [4.78, 5) is 27.4. The molecule has 0 radical (unpaired) electrons. The molecule has 2 rings (SSSR count). The molecule has 0 bridgehead atoms. The molecule has 0 saturated heterocycles. The number of aromatic nitrogens is 2. The number of nitrogens with zero attached hydrogens (tertiary/aromatic N) is 2. The minimum Gasteiger partial charge on any atom is -0.481 e. The summed E-state index contributed by atoms with van der Waals surface area (Å²) in [6.07, 6.45) is 6.33. The highest BCUT2D eigenvalue weighted by atomic mass is 16.4. The highest BCUT2D eigenvalue weighted by molar-refractivity contribution is 5.79. The average molecular weight is 294 g/mol. The topological polar surface area (TPSA) is 96.3 Å². The van der Waals surface area contributed by atoms with Crippen LogP contribution in [0.4, 0.5) is 4.79 Å². The van der Waals surface area contributed by atoms with Gasteiger partial charge in [0.25, 0.3) is 0 Å². The summed E-state index contributed by atoms with van der Waals surface area (Å²) in [5.74, 6) is 0.0462. The van der Waals surface area contributed by atoms with Crippen LogP contribution in [0.5, 0.6) is 0 Å². The predicted octanol–water partition coefficient (Wildman–Crippen LogP) is 0.905. The van der Waals surface area contributed by atoms with Crippen molar-refractivity contribution in [3.8, 4) is 0 Å². The number of carbonyl (C=O) groups is 2. The summed E-state index contributed by atoms with van der Waals surface area (Å²) in [5, 5.41) is 14.8. The lowest BCUT2D eigenvalue weighted by molar-refractivity contribution is -0.148. The van der Waals surface area contributed by atoms with Gasteiger partial charge in [0, 0.05) is 38.4 Å². The van der Waals surface area contributed by atoms with E-state index in [0.29, 0.717) is 25.8 Å². The van der Waals surface area contributed by atoms with Crippen molar-refractivity contribution in [2.75, 3.05) is 6.54 Å². The number of aryl methyl sites for hydroxylation is 1. The molecule has 0 spiro atoms. The van der Waals surface area contributed by atoms with Crippen molar-refractivity contribution in [2.45, 2.75) is 38.6 Å². The van der Waals surface area contributed by atoms with Crippen molar-refractivity contribution >= 4 is 12.0 Å². The molecule has 2 amide bonds. The fraction of sp³-hybridized carbons (Fsp3) is 0.643. The van der Waals surface area contributed by atoms with Gasteiger partial charge in [0.1, 0.15) is 5.82 Å². The van der Waals surface area contributed by atoms with Crippen LogP contribution < -0.4 is 10.6 Å². The summed E-state index contributed by atoms with van der Waals surface area (Å²) in [5.41, 5.74) is -0.864. The lowest BCUT2D eigenvalue weighted by Crippen LogP contribution is -2.50. The largest absolute Gasteiger partial charge is 0.481 e. The number of hydrogen-bond acceptors (Lipinski definition) is 3. The Morgan fingerprint density at radius 3 is 2.95 bits per heavy atom. The second-order valence-corrected chi connectivity index (χ2v) is 5.77. The van der Waals surface area contributed by atoms with Crippen LogP contribution in [-0.4, -0.2) is 39.2 Å². The molecule has 2 unspecified atom stereocenters. The Bertz CT molecular complexity index is 528. The molecular weight excluding hydrogens is 272 g/mol. The summed E-state index contributed by atoms with van der Waals surface area (Å²) in [6, 6.07) is -0.633. The normalized spacial score (nSPS) is 24.8. The molecule has 1 aliphatic carbocycles. The van der Waals surface area contributed by atoms with Gasteiger partial charge in [-0.05, 0) is 19.8 Å². The van der Waals surface area contributed by atoms with Gasteiger partial charge < -0.3 is 20.3 Å². The Labute approximate surface area is 123 Å². The monoisotopic (exact) mass is 294 g/mol. The molecule has 0 aromatic carbocycles. The Hall–Kier alpha value is -2.05. The number of rotatable bonds is 5. The van der Waals surface area contributed by atoms with E-state index in [-0.39, 0.29) is 12.1 Å². The van der Waals surface area contributed by atoms with Crippen LogP contribution in [0, 0.1) is 5.41 Å². The number of imidazole rings is 1. The molecule has 0 aliphatic heterocycles. The van der Waals surface area contributed by atoms with Gasteiger partial charge >= 0.3 is 12.0 Å². The fourth-order valence-corrected chi connectivity index (χ4v) is 2.79. The van der Waals surface area contributed by atoms with Crippen LogP contribution in [-0.2, 0) is 18.3 Å². The minimum absolute atomic E-state index is 0.316. The number of carboxylic acid groups (broad SMARTS) is 1. The van der Waals surface area contributed by atoms with Crippen LogP contribution in [0.25, 0.3) is 0 Å². The van der Waals surface area contributed by atoms with E-state index >= 15 is 0 Å². The van der Waals surface area contributed by atoms with Crippen LogP contribution in [0.2, 0.25) is 0 Å². The zero-order chi connectivity index (χ0) is 15.5. The maximum absolute atomic E-state index is 11.9. The molecule has 7 heteroatoms. The fourth-order valence-electron chi connectivity index (χ4n) is 2.79. The van der Waals surface area contributed by atoms with Gasteiger partial charge in [-0.15, -0.1) is 0 Å². The first-order chi connectivity index (χ1) is 9.93. The first-order valence-electron chi connectivity index (χ1n) is 7.17. The van der Waals surface area contributed by atoms with E-state index in [4.69, 9.17) is 0 Å². The summed E-state index contributed by atoms with van der Waals surface area (Å²) < 4.78 is 1.90. The number of hydrogen-bond donors (Lipinski definition) is 3. The molecule has 2 atom stereocenters. The van der Waals surface area contributed by atoms with Crippen LogP contribution >= 0.6 is 0 Å². The second-order valence-electron chi connectivity index (χ2n) is 5.77. The number of aliphatic carboxylic acids is 1. The maximum Gasteiger partial charge on any atom is 0.315 e. The molecule has 21 heavy (non-hydrogen) atoms. The maximum atomic E-state index is 11.9. The first-order valence-corrected chi connectivity index (χ1v) is 7.17. The Balaban J connectivity index is 1.79. The molecule has 1 saturated carbocycles. The van der Waals surface area contributed by atoms with Crippen LogP contribution in [0.3, 0.4) is 0 Å². The van der Waals surface area contributed by atoms with Crippen LogP contribution in [0.1, 0.15) is 32.0 Å². The molecule has 1 fully saturated rings. The minimum atomic E-state index is -0.864. The van der Waals surface area contributed by atoms with Crippen molar-refractivity contribution in [3.05, 3.63) is 18.2 Å². The average Bonchev–Trinajstić information content (AvgIpc) is 2.98. The quantitative estimate of drug-likeness (QED) is 0.752. The van der Waals surface area contributed by atoms with Gasteiger partial charge in [0.05, 0.1) is 5.41 Å². The highest BCUT2D eigenvalue weighted by Crippen LogP contribution is 2.38. The van der Waals surface area contributed by atoms with Crippen molar-refractivity contribution in [3.63, 3.8) is 0 Å². The zero-order valence-corrected chi connectivity index (χ0v) is 12.4. The third-order valence-corrected chi connectivity index (χ3v) is 4.31. The molecule has 1 aliphatic rings. The summed E-state index contributed by atoms with van der Waals surface area (Å²) in [6.45, 7) is 2.16. The molecular formula is C14H22N4O3. The predicted molar refractivity (Wildman–Crippen MR) is 76.8 cm³/mol. The summed E-state index contributed by atoms with van der Waals surface area (Å²) in [7, 11) is 1.90. The van der Waals surface area contributed by atoms with Crippen molar-refractivity contribution in [1.82, 2.24) is 20.2 Å². The van der Waals surface area contributed by atoms with Crippen LogP contribution in [0.15, 0.2) is 12.4 Å². The summed E-state index contributed by atoms with van der Waals surface area (Å²) >= 11 is 0. The first kappa shape index (κ1) is 15.3.